The Hall–Kier alpha value is -1.02. The lowest BCUT2D eigenvalue weighted by atomic mass is 9.74. The van der Waals surface area contributed by atoms with Gasteiger partial charge in [-0.25, -0.2) is 0 Å². The van der Waals surface area contributed by atoms with Crippen LogP contribution in [0.4, 0.5) is 0 Å². The van der Waals surface area contributed by atoms with Crippen molar-refractivity contribution in [1.82, 2.24) is 5.32 Å². The van der Waals surface area contributed by atoms with Gasteiger partial charge in [0, 0.05) is 6.04 Å². The topological polar surface area (TPSA) is 21.3 Å². The van der Waals surface area contributed by atoms with E-state index in [2.05, 4.69) is 64.2 Å². The molecule has 0 amide bonds. The van der Waals surface area contributed by atoms with Crippen molar-refractivity contribution in [2.24, 2.45) is 5.41 Å². The number of benzene rings is 1. The Morgan fingerprint density at radius 1 is 1.33 bits per heavy atom. The van der Waals surface area contributed by atoms with Gasteiger partial charge in [0.2, 0.25) is 0 Å². The molecule has 1 aliphatic carbocycles. The van der Waals surface area contributed by atoms with Crippen LogP contribution in [-0.4, -0.2) is 18.7 Å². The Balaban J connectivity index is 2.12. The first-order valence-electron chi connectivity index (χ1n) is 8.41. The van der Waals surface area contributed by atoms with Crippen LogP contribution in [-0.2, 0) is 0 Å². The molecule has 0 spiro atoms. The third kappa shape index (κ3) is 4.47. The van der Waals surface area contributed by atoms with Gasteiger partial charge in [0.05, 0.1) is 0 Å². The molecule has 0 saturated heterocycles. The first-order chi connectivity index (χ1) is 9.91. The SMILES string of the molecule is CCNC1CCC(C)(C)CC1Oc1cccc(C(C)C)c1. The van der Waals surface area contributed by atoms with Gasteiger partial charge in [0.1, 0.15) is 11.9 Å². The van der Waals surface area contributed by atoms with Crippen LogP contribution in [0.25, 0.3) is 0 Å². The lowest BCUT2D eigenvalue weighted by molar-refractivity contribution is 0.0536. The summed E-state index contributed by atoms with van der Waals surface area (Å²) in [6, 6.07) is 9.07. The molecule has 2 atom stereocenters. The highest BCUT2D eigenvalue weighted by molar-refractivity contribution is 5.30. The average Bonchev–Trinajstić information content (AvgIpc) is 2.42. The molecular weight excluding hydrogens is 258 g/mol. The zero-order valence-electron chi connectivity index (χ0n) is 14.3. The fraction of sp³-hybridized carbons (Fsp3) is 0.684. The highest BCUT2D eigenvalue weighted by atomic mass is 16.5. The number of nitrogens with one attached hydrogen (secondary N) is 1. The van der Waals surface area contributed by atoms with Crippen LogP contribution in [0, 0.1) is 5.41 Å². The first-order valence-corrected chi connectivity index (χ1v) is 8.41. The van der Waals surface area contributed by atoms with Gasteiger partial charge < -0.3 is 10.1 Å². The van der Waals surface area contributed by atoms with E-state index in [1.165, 1.54) is 18.4 Å². The number of ether oxygens (including phenoxy) is 1. The Morgan fingerprint density at radius 2 is 2.10 bits per heavy atom. The molecule has 2 unspecified atom stereocenters. The molecule has 2 rings (SSSR count). The molecule has 0 aromatic heterocycles. The van der Waals surface area contributed by atoms with Gasteiger partial charge in [-0.05, 0) is 54.8 Å². The van der Waals surface area contributed by atoms with Crippen molar-refractivity contribution < 1.29 is 4.74 Å². The van der Waals surface area contributed by atoms with Crippen LogP contribution in [0.2, 0.25) is 0 Å². The maximum absolute atomic E-state index is 6.38. The van der Waals surface area contributed by atoms with Gasteiger partial charge in [-0.2, -0.15) is 0 Å². The maximum atomic E-state index is 6.38. The fourth-order valence-corrected chi connectivity index (χ4v) is 3.26. The molecule has 118 valence electrons. The highest BCUT2D eigenvalue weighted by Gasteiger charge is 2.35. The summed E-state index contributed by atoms with van der Waals surface area (Å²) in [5.74, 6) is 1.56. The van der Waals surface area contributed by atoms with Crippen LogP contribution in [0.1, 0.15) is 65.4 Å². The molecule has 0 aliphatic heterocycles. The van der Waals surface area contributed by atoms with Gasteiger partial charge in [0.25, 0.3) is 0 Å². The van der Waals surface area contributed by atoms with Gasteiger partial charge in [-0.1, -0.05) is 46.8 Å². The molecular formula is C19H31NO. The summed E-state index contributed by atoms with van der Waals surface area (Å²) in [4.78, 5) is 0. The maximum Gasteiger partial charge on any atom is 0.120 e. The molecule has 0 bridgehead atoms. The second-order valence-electron chi connectivity index (χ2n) is 7.45. The zero-order valence-corrected chi connectivity index (χ0v) is 14.3. The van der Waals surface area contributed by atoms with E-state index in [0.717, 1.165) is 18.7 Å². The summed E-state index contributed by atoms with van der Waals surface area (Å²) in [5, 5.41) is 3.60. The Bertz CT molecular complexity index is 453. The van der Waals surface area contributed by atoms with Gasteiger partial charge in [-0.15, -0.1) is 0 Å². The minimum Gasteiger partial charge on any atom is -0.489 e. The van der Waals surface area contributed by atoms with E-state index in [4.69, 9.17) is 4.74 Å². The van der Waals surface area contributed by atoms with Crippen LogP contribution in [0.15, 0.2) is 24.3 Å². The smallest absolute Gasteiger partial charge is 0.120 e. The lowest BCUT2D eigenvalue weighted by Crippen LogP contribution is -2.49. The normalized spacial score (nSPS) is 25.0. The quantitative estimate of drug-likeness (QED) is 0.845. The monoisotopic (exact) mass is 289 g/mol. The number of hydrogen-bond acceptors (Lipinski definition) is 2. The molecule has 1 aromatic rings. The van der Waals surface area contributed by atoms with E-state index in [0.29, 0.717) is 17.4 Å². The third-order valence-electron chi connectivity index (χ3n) is 4.61. The van der Waals surface area contributed by atoms with Crippen molar-refractivity contribution in [2.75, 3.05) is 6.54 Å². The highest BCUT2D eigenvalue weighted by Crippen LogP contribution is 2.37. The first kappa shape index (κ1) is 16.4. The minimum atomic E-state index is 0.274. The van der Waals surface area contributed by atoms with Crippen LogP contribution >= 0.6 is 0 Å². The van der Waals surface area contributed by atoms with Gasteiger partial charge in [-0.3, -0.25) is 0 Å². The van der Waals surface area contributed by atoms with Gasteiger partial charge in [0.15, 0.2) is 0 Å². The van der Waals surface area contributed by atoms with Crippen molar-refractivity contribution in [3.63, 3.8) is 0 Å². The van der Waals surface area contributed by atoms with Crippen molar-refractivity contribution in [2.45, 2.75) is 71.9 Å². The average molecular weight is 289 g/mol. The molecule has 1 aromatic carbocycles. The Kier molecular flexibility index (Phi) is 5.32. The summed E-state index contributed by atoms with van der Waals surface area (Å²) < 4.78 is 6.38. The van der Waals surface area contributed by atoms with Gasteiger partial charge >= 0.3 is 0 Å². The number of hydrogen-bond donors (Lipinski definition) is 1. The predicted molar refractivity (Wildman–Crippen MR) is 90.0 cm³/mol. The lowest BCUT2D eigenvalue weighted by Gasteiger charge is -2.41. The molecule has 2 nitrogen and oxygen atoms in total. The minimum absolute atomic E-state index is 0.274. The molecule has 21 heavy (non-hydrogen) atoms. The molecule has 1 N–H and O–H groups in total. The fourth-order valence-electron chi connectivity index (χ4n) is 3.26. The van der Waals surface area contributed by atoms with Crippen molar-refractivity contribution in [1.29, 1.82) is 0 Å². The molecule has 1 fully saturated rings. The third-order valence-corrected chi connectivity index (χ3v) is 4.61. The van der Waals surface area contributed by atoms with Crippen LogP contribution < -0.4 is 10.1 Å². The molecule has 1 aliphatic rings. The summed E-state index contributed by atoms with van der Waals surface area (Å²) in [7, 11) is 0. The standard InChI is InChI=1S/C19H31NO/c1-6-20-17-10-11-19(4,5)13-18(17)21-16-9-7-8-15(12-16)14(2)3/h7-9,12,14,17-18,20H,6,10-11,13H2,1-5H3. The van der Waals surface area contributed by atoms with E-state index >= 15 is 0 Å². The number of rotatable bonds is 5. The zero-order chi connectivity index (χ0) is 15.5. The van der Waals surface area contributed by atoms with E-state index in [1.54, 1.807) is 0 Å². The van der Waals surface area contributed by atoms with E-state index in [9.17, 15) is 0 Å². The molecule has 2 heteroatoms. The van der Waals surface area contributed by atoms with E-state index < -0.39 is 0 Å². The van der Waals surface area contributed by atoms with Crippen molar-refractivity contribution >= 4 is 0 Å². The second-order valence-corrected chi connectivity index (χ2v) is 7.45. The second kappa shape index (κ2) is 6.83. The van der Waals surface area contributed by atoms with E-state index in [1.807, 2.05) is 0 Å². The number of likely N-dealkylation sites (N-methyl/N-ethyl adjacent to an activating group) is 1. The Labute approximate surface area is 130 Å². The Morgan fingerprint density at radius 3 is 2.76 bits per heavy atom. The van der Waals surface area contributed by atoms with Crippen LogP contribution in [0.3, 0.4) is 0 Å². The summed E-state index contributed by atoms with van der Waals surface area (Å²) in [5.41, 5.74) is 1.73. The molecule has 1 saturated carbocycles. The van der Waals surface area contributed by atoms with Crippen molar-refractivity contribution in [3.8, 4) is 5.75 Å². The van der Waals surface area contributed by atoms with E-state index in [-0.39, 0.29) is 6.10 Å². The molecule has 0 radical (unpaired) electrons. The largest absolute Gasteiger partial charge is 0.489 e. The summed E-state index contributed by atoms with van der Waals surface area (Å²) >= 11 is 0. The summed E-state index contributed by atoms with van der Waals surface area (Å²) in [6.07, 6.45) is 3.87. The molecule has 0 heterocycles. The van der Waals surface area contributed by atoms with Crippen LogP contribution in [0.5, 0.6) is 5.75 Å². The summed E-state index contributed by atoms with van der Waals surface area (Å²) in [6.45, 7) is 12.4. The predicted octanol–water partition coefficient (Wildman–Crippen LogP) is 4.75. The van der Waals surface area contributed by atoms with Crippen molar-refractivity contribution in [3.05, 3.63) is 29.8 Å².